The SMILES string of the molecule is C/C=C\c1c(CC)cc2ccccc2c1C. The Morgan fingerprint density at radius 1 is 1.19 bits per heavy atom. The van der Waals surface area contributed by atoms with Crippen LogP contribution in [0.4, 0.5) is 0 Å². The third-order valence-corrected chi connectivity index (χ3v) is 3.16. The number of benzene rings is 2. The first-order chi connectivity index (χ1) is 7.77. The second kappa shape index (κ2) is 4.52. The maximum Gasteiger partial charge on any atom is -0.0149 e. The molecule has 0 aliphatic rings. The highest BCUT2D eigenvalue weighted by Gasteiger charge is 2.05. The van der Waals surface area contributed by atoms with Crippen molar-refractivity contribution in [2.24, 2.45) is 0 Å². The molecule has 0 aliphatic heterocycles. The van der Waals surface area contributed by atoms with E-state index in [0.717, 1.165) is 6.42 Å². The summed E-state index contributed by atoms with van der Waals surface area (Å²) in [5, 5.41) is 2.72. The minimum absolute atomic E-state index is 1.09. The maximum atomic E-state index is 2.32. The highest BCUT2D eigenvalue weighted by molar-refractivity contribution is 5.89. The Bertz CT molecular complexity index is 533. The van der Waals surface area contributed by atoms with Crippen molar-refractivity contribution in [1.29, 1.82) is 0 Å². The van der Waals surface area contributed by atoms with Gasteiger partial charge in [0.15, 0.2) is 0 Å². The van der Waals surface area contributed by atoms with Gasteiger partial charge in [-0.2, -0.15) is 0 Å². The summed E-state index contributed by atoms with van der Waals surface area (Å²) in [6.07, 6.45) is 5.43. The lowest BCUT2D eigenvalue weighted by molar-refractivity contribution is 1.13. The zero-order valence-corrected chi connectivity index (χ0v) is 10.2. The van der Waals surface area contributed by atoms with E-state index in [9.17, 15) is 0 Å². The normalized spacial score (nSPS) is 11.4. The van der Waals surface area contributed by atoms with Gasteiger partial charge in [0.1, 0.15) is 0 Å². The van der Waals surface area contributed by atoms with E-state index >= 15 is 0 Å². The summed E-state index contributed by atoms with van der Waals surface area (Å²) in [6.45, 7) is 6.52. The van der Waals surface area contributed by atoms with E-state index in [0.29, 0.717) is 0 Å². The van der Waals surface area contributed by atoms with Crippen molar-refractivity contribution in [3.05, 3.63) is 53.1 Å². The highest BCUT2D eigenvalue weighted by atomic mass is 14.1. The molecule has 0 fully saturated rings. The van der Waals surface area contributed by atoms with Crippen molar-refractivity contribution < 1.29 is 0 Å². The quantitative estimate of drug-likeness (QED) is 0.671. The summed E-state index contributed by atoms with van der Waals surface area (Å²) >= 11 is 0. The van der Waals surface area contributed by atoms with Gasteiger partial charge in [-0.3, -0.25) is 0 Å². The van der Waals surface area contributed by atoms with Crippen LogP contribution < -0.4 is 0 Å². The molecule has 2 aromatic carbocycles. The number of hydrogen-bond acceptors (Lipinski definition) is 0. The summed E-state index contributed by atoms with van der Waals surface area (Å²) in [7, 11) is 0. The van der Waals surface area contributed by atoms with Crippen LogP contribution in [-0.4, -0.2) is 0 Å². The topological polar surface area (TPSA) is 0 Å². The Kier molecular flexibility index (Phi) is 3.09. The molecule has 0 bridgehead atoms. The zero-order chi connectivity index (χ0) is 11.5. The molecule has 0 aliphatic carbocycles. The van der Waals surface area contributed by atoms with Gasteiger partial charge in [0, 0.05) is 0 Å². The monoisotopic (exact) mass is 210 g/mol. The number of aryl methyl sites for hydroxylation is 2. The lowest BCUT2D eigenvalue weighted by Gasteiger charge is -2.11. The summed E-state index contributed by atoms with van der Waals surface area (Å²) in [5.74, 6) is 0. The van der Waals surface area contributed by atoms with E-state index < -0.39 is 0 Å². The number of hydrogen-bond donors (Lipinski definition) is 0. The lowest BCUT2D eigenvalue weighted by Crippen LogP contribution is -1.92. The van der Waals surface area contributed by atoms with Crippen molar-refractivity contribution >= 4 is 16.8 Å². The first-order valence-electron chi connectivity index (χ1n) is 5.91. The van der Waals surface area contributed by atoms with E-state index in [2.05, 4.69) is 63.3 Å². The van der Waals surface area contributed by atoms with Crippen molar-refractivity contribution in [2.45, 2.75) is 27.2 Å². The Morgan fingerprint density at radius 3 is 2.62 bits per heavy atom. The van der Waals surface area contributed by atoms with Crippen LogP contribution in [0.1, 0.15) is 30.5 Å². The molecule has 82 valence electrons. The van der Waals surface area contributed by atoms with Crippen LogP contribution >= 0.6 is 0 Å². The number of fused-ring (bicyclic) bond motifs is 1. The van der Waals surface area contributed by atoms with E-state index in [1.165, 1.54) is 27.5 Å². The van der Waals surface area contributed by atoms with Gasteiger partial charge in [0.2, 0.25) is 0 Å². The van der Waals surface area contributed by atoms with Crippen LogP contribution in [0.3, 0.4) is 0 Å². The molecule has 0 unspecified atom stereocenters. The average Bonchev–Trinajstić information content (AvgIpc) is 2.33. The second-order valence-electron chi connectivity index (χ2n) is 4.15. The van der Waals surface area contributed by atoms with Gasteiger partial charge in [-0.1, -0.05) is 49.4 Å². The molecule has 0 aromatic heterocycles. The zero-order valence-electron chi connectivity index (χ0n) is 10.2. The fourth-order valence-corrected chi connectivity index (χ4v) is 2.31. The molecule has 16 heavy (non-hydrogen) atoms. The van der Waals surface area contributed by atoms with Crippen molar-refractivity contribution in [3.63, 3.8) is 0 Å². The Labute approximate surface area is 97.6 Å². The van der Waals surface area contributed by atoms with Crippen LogP contribution in [0, 0.1) is 6.92 Å². The van der Waals surface area contributed by atoms with Crippen LogP contribution in [0.5, 0.6) is 0 Å². The Morgan fingerprint density at radius 2 is 1.94 bits per heavy atom. The first kappa shape index (κ1) is 10.9. The van der Waals surface area contributed by atoms with Gasteiger partial charge >= 0.3 is 0 Å². The molecule has 0 saturated carbocycles. The maximum absolute atomic E-state index is 2.32. The fourth-order valence-electron chi connectivity index (χ4n) is 2.31. The summed E-state index contributed by atoms with van der Waals surface area (Å²) < 4.78 is 0. The minimum Gasteiger partial charge on any atom is -0.0870 e. The summed E-state index contributed by atoms with van der Waals surface area (Å²) in [4.78, 5) is 0. The molecule has 0 heteroatoms. The smallest absolute Gasteiger partial charge is 0.0149 e. The molecule has 2 aromatic rings. The van der Waals surface area contributed by atoms with E-state index in [4.69, 9.17) is 0 Å². The summed E-state index contributed by atoms with van der Waals surface area (Å²) in [5.41, 5.74) is 4.23. The lowest BCUT2D eigenvalue weighted by atomic mass is 9.93. The van der Waals surface area contributed by atoms with E-state index in [1.54, 1.807) is 0 Å². The van der Waals surface area contributed by atoms with Crippen LogP contribution in [0.2, 0.25) is 0 Å². The third kappa shape index (κ3) is 1.76. The Hall–Kier alpha value is -1.56. The molecule has 2 rings (SSSR count). The van der Waals surface area contributed by atoms with E-state index in [-0.39, 0.29) is 0 Å². The minimum atomic E-state index is 1.09. The molecular formula is C16H18. The molecule has 0 amide bonds. The van der Waals surface area contributed by atoms with Crippen LogP contribution in [0.25, 0.3) is 16.8 Å². The van der Waals surface area contributed by atoms with Crippen LogP contribution in [0.15, 0.2) is 36.4 Å². The molecule has 0 atom stereocenters. The molecule has 0 N–H and O–H groups in total. The highest BCUT2D eigenvalue weighted by Crippen LogP contribution is 2.26. The molecule has 0 saturated heterocycles. The van der Waals surface area contributed by atoms with Gasteiger partial charge in [-0.15, -0.1) is 0 Å². The Balaban J connectivity index is 2.82. The van der Waals surface area contributed by atoms with Gasteiger partial charge in [0.05, 0.1) is 0 Å². The standard InChI is InChI=1S/C16H18/c1-4-8-15-12(3)16-10-7-6-9-14(16)11-13(15)5-2/h4,6-11H,5H2,1-3H3/b8-4-. The van der Waals surface area contributed by atoms with Crippen molar-refractivity contribution in [3.8, 4) is 0 Å². The molecule has 0 nitrogen and oxygen atoms in total. The van der Waals surface area contributed by atoms with Gasteiger partial charge in [0.25, 0.3) is 0 Å². The van der Waals surface area contributed by atoms with E-state index in [1.807, 2.05) is 0 Å². The largest absolute Gasteiger partial charge is 0.0870 e. The summed E-state index contributed by atoms with van der Waals surface area (Å²) in [6, 6.07) is 10.9. The van der Waals surface area contributed by atoms with Gasteiger partial charge in [-0.05, 0) is 47.7 Å². The fraction of sp³-hybridized carbons (Fsp3) is 0.250. The number of rotatable bonds is 2. The predicted molar refractivity (Wildman–Crippen MR) is 72.8 cm³/mol. The van der Waals surface area contributed by atoms with Gasteiger partial charge < -0.3 is 0 Å². The predicted octanol–water partition coefficient (Wildman–Crippen LogP) is 4.74. The first-order valence-corrected chi connectivity index (χ1v) is 5.91. The van der Waals surface area contributed by atoms with Gasteiger partial charge in [-0.25, -0.2) is 0 Å². The number of allylic oxidation sites excluding steroid dienone is 1. The van der Waals surface area contributed by atoms with Crippen molar-refractivity contribution in [2.75, 3.05) is 0 Å². The molecule has 0 spiro atoms. The second-order valence-corrected chi connectivity index (χ2v) is 4.15. The molecular weight excluding hydrogens is 192 g/mol. The van der Waals surface area contributed by atoms with Crippen LogP contribution in [-0.2, 0) is 6.42 Å². The molecule has 0 heterocycles. The molecule has 0 radical (unpaired) electrons. The average molecular weight is 210 g/mol. The third-order valence-electron chi connectivity index (χ3n) is 3.16. The van der Waals surface area contributed by atoms with Crippen molar-refractivity contribution in [1.82, 2.24) is 0 Å².